The van der Waals surface area contributed by atoms with Crippen LogP contribution in [0.15, 0.2) is 47.4 Å². The quantitative estimate of drug-likeness (QED) is 0.619. The molecule has 0 saturated carbocycles. The maximum absolute atomic E-state index is 13.5. The zero-order valence-electron chi connectivity index (χ0n) is 16.2. The van der Waals surface area contributed by atoms with Crippen LogP contribution in [0.25, 0.3) is 10.6 Å². The highest BCUT2D eigenvalue weighted by Crippen LogP contribution is 2.29. The SMILES string of the molecule is Cc1nc(-c2cccc(F)c2)sc1CCNS(=O)(=O)c1ccc2c(c1)CCCC2. The first-order valence-electron chi connectivity index (χ1n) is 9.76. The normalized spacial score (nSPS) is 14.0. The van der Waals surface area contributed by atoms with Gasteiger partial charge in [-0.25, -0.2) is 22.5 Å². The first kappa shape index (κ1) is 20.2. The molecular formula is C22H23FN2O2S2. The van der Waals surface area contributed by atoms with Gasteiger partial charge in [0.05, 0.1) is 10.6 Å². The van der Waals surface area contributed by atoms with E-state index >= 15 is 0 Å². The van der Waals surface area contributed by atoms with Crippen molar-refractivity contribution in [3.63, 3.8) is 0 Å². The molecule has 0 amide bonds. The van der Waals surface area contributed by atoms with E-state index in [0.717, 1.165) is 46.0 Å². The third kappa shape index (κ3) is 4.57. The number of halogens is 1. The second-order valence-electron chi connectivity index (χ2n) is 7.32. The standard InChI is InChI=1S/C22H23FN2O2S2/c1-15-21(28-22(25-15)18-7-4-8-19(23)13-18)11-12-24-29(26,27)20-10-9-16-5-2-3-6-17(16)14-20/h4,7-10,13-14,24H,2-3,5-6,11-12H2,1H3. The second-order valence-corrected chi connectivity index (χ2v) is 10.2. The van der Waals surface area contributed by atoms with Crippen LogP contribution in [-0.4, -0.2) is 19.9 Å². The van der Waals surface area contributed by atoms with Crippen molar-refractivity contribution in [2.75, 3.05) is 6.54 Å². The summed E-state index contributed by atoms with van der Waals surface area (Å²) < 4.78 is 41.6. The van der Waals surface area contributed by atoms with Crippen LogP contribution in [0.4, 0.5) is 4.39 Å². The van der Waals surface area contributed by atoms with Gasteiger partial charge in [0.25, 0.3) is 0 Å². The molecule has 0 fully saturated rings. The Morgan fingerprint density at radius 1 is 1.10 bits per heavy atom. The highest BCUT2D eigenvalue weighted by molar-refractivity contribution is 7.89. The van der Waals surface area contributed by atoms with E-state index in [-0.39, 0.29) is 5.82 Å². The van der Waals surface area contributed by atoms with Crippen LogP contribution in [0.1, 0.15) is 34.5 Å². The first-order chi connectivity index (χ1) is 13.9. The lowest BCUT2D eigenvalue weighted by Crippen LogP contribution is -2.26. The van der Waals surface area contributed by atoms with Gasteiger partial charge in [0.1, 0.15) is 10.8 Å². The molecule has 0 unspecified atom stereocenters. The summed E-state index contributed by atoms with van der Waals surface area (Å²) in [6, 6.07) is 11.8. The zero-order valence-corrected chi connectivity index (χ0v) is 17.9. The van der Waals surface area contributed by atoms with Crippen LogP contribution in [0, 0.1) is 12.7 Å². The van der Waals surface area contributed by atoms with Crippen molar-refractivity contribution in [3.05, 3.63) is 70.0 Å². The van der Waals surface area contributed by atoms with E-state index in [4.69, 9.17) is 0 Å². The third-order valence-corrected chi connectivity index (χ3v) is 7.96. The number of aromatic nitrogens is 1. The fourth-order valence-electron chi connectivity index (χ4n) is 3.66. The summed E-state index contributed by atoms with van der Waals surface area (Å²) in [6.45, 7) is 2.19. The number of sulfonamides is 1. The number of hydrogen-bond acceptors (Lipinski definition) is 4. The van der Waals surface area contributed by atoms with E-state index in [1.807, 2.05) is 25.1 Å². The van der Waals surface area contributed by atoms with Gasteiger partial charge < -0.3 is 0 Å². The van der Waals surface area contributed by atoms with Crippen LogP contribution >= 0.6 is 11.3 Å². The van der Waals surface area contributed by atoms with E-state index in [0.29, 0.717) is 17.9 Å². The van der Waals surface area contributed by atoms with Gasteiger partial charge in [-0.3, -0.25) is 0 Å². The molecule has 1 aromatic heterocycles. The van der Waals surface area contributed by atoms with Gasteiger partial charge in [-0.1, -0.05) is 18.2 Å². The summed E-state index contributed by atoms with van der Waals surface area (Å²) in [4.78, 5) is 5.85. The Hall–Kier alpha value is -2.09. The molecule has 0 bridgehead atoms. The van der Waals surface area contributed by atoms with Gasteiger partial charge in [-0.2, -0.15) is 0 Å². The number of nitrogens with zero attached hydrogens (tertiary/aromatic N) is 1. The van der Waals surface area contributed by atoms with Crippen molar-refractivity contribution in [2.45, 2.75) is 43.9 Å². The molecule has 7 heteroatoms. The number of fused-ring (bicyclic) bond motifs is 1. The highest BCUT2D eigenvalue weighted by Gasteiger charge is 2.18. The second kappa shape index (κ2) is 8.34. The highest BCUT2D eigenvalue weighted by atomic mass is 32.2. The molecule has 0 atom stereocenters. The smallest absolute Gasteiger partial charge is 0.240 e. The van der Waals surface area contributed by atoms with Crippen LogP contribution in [0.2, 0.25) is 0 Å². The molecule has 1 heterocycles. The molecule has 3 aromatic rings. The number of benzene rings is 2. The van der Waals surface area contributed by atoms with Crippen molar-refractivity contribution in [3.8, 4) is 10.6 Å². The summed E-state index contributed by atoms with van der Waals surface area (Å²) in [6.07, 6.45) is 4.80. The van der Waals surface area contributed by atoms with Crippen LogP contribution in [0.5, 0.6) is 0 Å². The van der Waals surface area contributed by atoms with Crippen molar-refractivity contribution < 1.29 is 12.8 Å². The molecule has 4 nitrogen and oxygen atoms in total. The minimum absolute atomic E-state index is 0.297. The molecule has 0 radical (unpaired) electrons. The predicted octanol–water partition coefficient (Wildman–Crippen LogP) is 4.66. The Labute approximate surface area is 174 Å². The van der Waals surface area contributed by atoms with E-state index < -0.39 is 10.0 Å². The monoisotopic (exact) mass is 430 g/mol. The summed E-state index contributed by atoms with van der Waals surface area (Å²) in [5.74, 6) is -0.297. The molecule has 0 spiro atoms. The number of aryl methyl sites for hydroxylation is 3. The lowest BCUT2D eigenvalue weighted by molar-refractivity contribution is 0.581. The van der Waals surface area contributed by atoms with Crippen molar-refractivity contribution in [1.82, 2.24) is 9.71 Å². The van der Waals surface area contributed by atoms with Crippen LogP contribution in [-0.2, 0) is 29.3 Å². The Bertz CT molecular complexity index is 1140. The molecule has 0 saturated heterocycles. The van der Waals surface area contributed by atoms with E-state index in [1.54, 1.807) is 12.1 Å². The molecule has 152 valence electrons. The van der Waals surface area contributed by atoms with E-state index in [1.165, 1.54) is 35.5 Å². The Morgan fingerprint density at radius 2 is 1.90 bits per heavy atom. The lowest BCUT2D eigenvalue weighted by atomic mass is 9.92. The summed E-state index contributed by atoms with van der Waals surface area (Å²) in [7, 11) is -3.54. The molecular weight excluding hydrogens is 407 g/mol. The van der Waals surface area contributed by atoms with Crippen molar-refractivity contribution >= 4 is 21.4 Å². The van der Waals surface area contributed by atoms with Gasteiger partial charge in [0, 0.05) is 17.0 Å². The van der Waals surface area contributed by atoms with Gasteiger partial charge in [-0.05, 0) is 74.4 Å². The zero-order chi connectivity index (χ0) is 20.4. The van der Waals surface area contributed by atoms with Gasteiger partial charge in [0.15, 0.2) is 0 Å². The Morgan fingerprint density at radius 3 is 2.69 bits per heavy atom. The van der Waals surface area contributed by atoms with E-state index in [9.17, 15) is 12.8 Å². The fraction of sp³-hybridized carbons (Fsp3) is 0.318. The fourth-order valence-corrected chi connectivity index (χ4v) is 5.80. The average Bonchev–Trinajstić information content (AvgIpc) is 3.08. The molecule has 0 aliphatic heterocycles. The minimum atomic E-state index is -3.54. The minimum Gasteiger partial charge on any atom is -0.241 e. The number of nitrogens with one attached hydrogen (secondary N) is 1. The Balaban J connectivity index is 1.43. The predicted molar refractivity (Wildman–Crippen MR) is 114 cm³/mol. The molecule has 1 aliphatic rings. The lowest BCUT2D eigenvalue weighted by Gasteiger charge is -2.16. The molecule has 2 aromatic carbocycles. The summed E-state index contributed by atoms with van der Waals surface area (Å²) >= 11 is 1.47. The maximum Gasteiger partial charge on any atom is 0.240 e. The van der Waals surface area contributed by atoms with E-state index in [2.05, 4.69) is 9.71 Å². The van der Waals surface area contributed by atoms with Gasteiger partial charge >= 0.3 is 0 Å². The van der Waals surface area contributed by atoms with Gasteiger partial charge in [0.2, 0.25) is 10.0 Å². The van der Waals surface area contributed by atoms with Crippen LogP contribution in [0.3, 0.4) is 0 Å². The maximum atomic E-state index is 13.5. The number of rotatable bonds is 6. The topological polar surface area (TPSA) is 59.1 Å². The summed E-state index contributed by atoms with van der Waals surface area (Å²) in [5, 5.41) is 0.745. The van der Waals surface area contributed by atoms with Crippen molar-refractivity contribution in [1.29, 1.82) is 0 Å². The average molecular weight is 431 g/mol. The molecule has 1 aliphatic carbocycles. The molecule has 29 heavy (non-hydrogen) atoms. The third-order valence-electron chi connectivity index (χ3n) is 5.24. The number of hydrogen-bond donors (Lipinski definition) is 1. The largest absolute Gasteiger partial charge is 0.241 e. The van der Waals surface area contributed by atoms with Gasteiger partial charge in [-0.15, -0.1) is 11.3 Å². The Kier molecular flexibility index (Phi) is 5.81. The summed E-state index contributed by atoms with van der Waals surface area (Å²) in [5.41, 5.74) is 4.00. The number of thiazole rings is 1. The first-order valence-corrected chi connectivity index (χ1v) is 12.1. The van der Waals surface area contributed by atoms with Crippen molar-refractivity contribution in [2.24, 2.45) is 0 Å². The molecule has 4 rings (SSSR count). The molecule has 1 N–H and O–H groups in total. The van der Waals surface area contributed by atoms with Crippen LogP contribution < -0.4 is 4.72 Å².